The van der Waals surface area contributed by atoms with Crippen molar-refractivity contribution < 1.29 is 19.1 Å². The first-order chi connectivity index (χ1) is 10.7. The average Bonchev–Trinajstić information content (AvgIpc) is 2.95. The summed E-state index contributed by atoms with van der Waals surface area (Å²) in [4.78, 5) is 17.3. The van der Waals surface area contributed by atoms with Gasteiger partial charge >= 0.3 is 0 Å². The van der Waals surface area contributed by atoms with E-state index in [4.69, 9.17) is 14.3 Å². The maximum Gasteiger partial charge on any atom is 0.239 e. The van der Waals surface area contributed by atoms with E-state index in [1.807, 2.05) is 0 Å². The van der Waals surface area contributed by atoms with Crippen molar-refractivity contribution in [1.82, 2.24) is 5.32 Å². The van der Waals surface area contributed by atoms with Crippen LogP contribution in [0.3, 0.4) is 0 Å². The van der Waals surface area contributed by atoms with E-state index < -0.39 is 10.6 Å². The Morgan fingerprint density at radius 2 is 2.13 bits per heavy atom. The van der Waals surface area contributed by atoms with Crippen LogP contribution in [-0.4, -0.2) is 41.7 Å². The van der Waals surface area contributed by atoms with Crippen LogP contribution in [0.4, 0.5) is 0 Å². The maximum absolute atomic E-state index is 12.0. The third-order valence-electron chi connectivity index (χ3n) is 4.05. The lowest BCUT2D eigenvalue weighted by molar-refractivity contribution is -0.171. The van der Waals surface area contributed by atoms with Gasteiger partial charge in [0.2, 0.25) is 12.1 Å². The SMILES string of the molecule is CC(C)(Br)C(=O)NC1CC(C(C)(C)COC2CCCCO2)=NO1. The van der Waals surface area contributed by atoms with Crippen LogP contribution in [0.5, 0.6) is 0 Å². The molecule has 2 unspecified atom stereocenters. The van der Waals surface area contributed by atoms with Crippen molar-refractivity contribution in [3.05, 3.63) is 0 Å². The molecule has 132 valence electrons. The molecule has 2 atom stereocenters. The van der Waals surface area contributed by atoms with Gasteiger partial charge in [-0.15, -0.1) is 0 Å². The summed E-state index contributed by atoms with van der Waals surface area (Å²) in [5.74, 6) is -0.122. The molecule has 0 aromatic heterocycles. The van der Waals surface area contributed by atoms with Gasteiger partial charge in [0, 0.05) is 18.4 Å². The van der Waals surface area contributed by atoms with Crippen LogP contribution in [0, 0.1) is 5.41 Å². The molecule has 1 amide bonds. The number of carbonyl (C=O) groups excluding carboxylic acids is 1. The number of halogens is 1. The van der Waals surface area contributed by atoms with Crippen molar-refractivity contribution >= 4 is 27.5 Å². The number of oxime groups is 1. The smallest absolute Gasteiger partial charge is 0.239 e. The Morgan fingerprint density at radius 1 is 1.39 bits per heavy atom. The topological polar surface area (TPSA) is 69.2 Å². The molecule has 0 spiro atoms. The van der Waals surface area contributed by atoms with Crippen molar-refractivity contribution in [1.29, 1.82) is 0 Å². The van der Waals surface area contributed by atoms with Crippen LogP contribution in [0.25, 0.3) is 0 Å². The first-order valence-corrected chi connectivity index (χ1v) is 8.94. The van der Waals surface area contributed by atoms with Crippen molar-refractivity contribution in [2.45, 2.75) is 70.2 Å². The van der Waals surface area contributed by atoms with E-state index in [2.05, 4.69) is 40.2 Å². The minimum Gasteiger partial charge on any atom is -0.370 e. The molecule has 2 rings (SSSR count). The summed E-state index contributed by atoms with van der Waals surface area (Å²) in [5.41, 5.74) is 0.635. The average molecular weight is 391 g/mol. The van der Waals surface area contributed by atoms with Gasteiger partial charge in [0.1, 0.15) is 0 Å². The third-order valence-corrected chi connectivity index (χ3v) is 4.41. The van der Waals surface area contributed by atoms with Gasteiger partial charge in [-0.1, -0.05) is 34.9 Å². The fourth-order valence-corrected chi connectivity index (χ4v) is 2.51. The zero-order valence-corrected chi connectivity index (χ0v) is 15.9. The number of nitrogens with one attached hydrogen (secondary N) is 1. The molecule has 0 radical (unpaired) electrons. The summed E-state index contributed by atoms with van der Waals surface area (Å²) in [6.45, 7) is 9.01. The van der Waals surface area contributed by atoms with Crippen molar-refractivity contribution in [3.8, 4) is 0 Å². The monoisotopic (exact) mass is 390 g/mol. The highest BCUT2D eigenvalue weighted by atomic mass is 79.9. The molecule has 6 nitrogen and oxygen atoms in total. The number of carbonyl (C=O) groups is 1. The molecule has 7 heteroatoms. The Morgan fingerprint density at radius 3 is 2.74 bits per heavy atom. The number of hydrogen-bond donors (Lipinski definition) is 1. The molecule has 0 saturated carbocycles. The summed E-state index contributed by atoms with van der Waals surface area (Å²) < 4.78 is 10.8. The molecular weight excluding hydrogens is 364 g/mol. The predicted molar refractivity (Wildman–Crippen MR) is 91.4 cm³/mol. The third kappa shape index (κ3) is 5.43. The molecule has 1 saturated heterocycles. The standard InChI is InChI=1S/C16H27BrN2O4/c1-15(2,10-22-13-7-5-6-8-21-13)11-9-12(23-19-11)18-14(20)16(3,4)17/h12-13H,5-10H2,1-4H3,(H,18,20). The predicted octanol–water partition coefficient (Wildman–Crippen LogP) is 2.95. The molecule has 0 aliphatic carbocycles. The summed E-state index contributed by atoms with van der Waals surface area (Å²) in [6, 6.07) is 0. The van der Waals surface area contributed by atoms with Gasteiger partial charge in [0.25, 0.3) is 0 Å². The lowest BCUT2D eigenvalue weighted by Crippen LogP contribution is -2.44. The zero-order valence-electron chi connectivity index (χ0n) is 14.4. The second kappa shape index (κ2) is 7.49. The quantitative estimate of drug-likeness (QED) is 0.707. The van der Waals surface area contributed by atoms with Gasteiger partial charge in [0.15, 0.2) is 6.29 Å². The number of alkyl halides is 1. The second-order valence-electron chi connectivity index (χ2n) is 7.27. The van der Waals surface area contributed by atoms with E-state index >= 15 is 0 Å². The number of ether oxygens (including phenoxy) is 2. The van der Waals surface area contributed by atoms with E-state index in [1.165, 1.54) is 0 Å². The van der Waals surface area contributed by atoms with Gasteiger partial charge in [0.05, 0.1) is 16.6 Å². The Balaban J connectivity index is 1.80. The van der Waals surface area contributed by atoms with Crippen LogP contribution in [-0.2, 0) is 19.1 Å². The highest BCUT2D eigenvalue weighted by Gasteiger charge is 2.36. The van der Waals surface area contributed by atoms with Gasteiger partial charge in [-0.05, 0) is 33.1 Å². The molecule has 2 heterocycles. The Labute approximate surface area is 146 Å². The number of amides is 1. The molecule has 1 fully saturated rings. The van der Waals surface area contributed by atoms with Crippen LogP contribution in [0.15, 0.2) is 5.16 Å². The van der Waals surface area contributed by atoms with Gasteiger partial charge in [-0.2, -0.15) is 0 Å². The summed E-state index contributed by atoms with van der Waals surface area (Å²) in [5, 5.41) is 6.99. The molecule has 0 aromatic rings. The number of rotatable bonds is 6. The second-order valence-corrected chi connectivity index (χ2v) is 9.26. The largest absolute Gasteiger partial charge is 0.370 e. The van der Waals surface area contributed by atoms with Crippen LogP contribution < -0.4 is 5.32 Å². The highest BCUT2D eigenvalue weighted by molar-refractivity contribution is 9.10. The Bertz CT molecular complexity index is 453. The van der Waals surface area contributed by atoms with Crippen molar-refractivity contribution in [2.24, 2.45) is 10.6 Å². The number of hydrogen-bond acceptors (Lipinski definition) is 5. The normalized spacial score (nSPS) is 25.7. The molecule has 2 aliphatic heterocycles. The van der Waals surface area contributed by atoms with Crippen molar-refractivity contribution in [2.75, 3.05) is 13.2 Å². The van der Waals surface area contributed by atoms with Crippen LogP contribution >= 0.6 is 15.9 Å². The van der Waals surface area contributed by atoms with E-state index in [-0.39, 0.29) is 17.6 Å². The van der Waals surface area contributed by atoms with Gasteiger partial charge in [-0.3, -0.25) is 4.79 Å². The fraction of sp³-hybridized carbons (Fsp3) is 0.875. The minimum absolute atomic E-state index is 0.115. The van der Waals surface area contributed by atoms with E-state index in [0.717, 1.165) is 31.6 Å². The van der Waals surface area contributed by atoms with Gasteiger partial charge in [-0.25, -0.2) is 0 Å². The maximum atomic E-state index is 12.0. The lowest BCUT2D eigenvalue weighted by Gasteiger charge is -2.29. The Hall–Kier alpha value is -0.660. The fourth-order valence-electron chi connectivity index (χ4n) is 2.40. The van der Waals surface area contributed by atoms with E-state index in [1.54, 1.807) is 13.8 Å². The lowest BCUT2D eigenvalue weighted by atomic mass is 9.86. The Kier molecular flexibility index (Phi) is 6.08. The molecule has 0 bridgehead atoms. The molecule has 2 aliphatic rings. The van der Waals surface area contributed by atoms with Crippen LogP contribution in [0.2, 0.25) is 0 Å². The summed E-state index contributed by atoms with van der Waals surface area (Å²) in [6.07, 6.45) is 3.23. The van der Waals surface area contributed by atoms with E-state index in [0.29, 0.717) is 13.0 Å². The number of nitrogens with zero attached hydrogens (tertiary/aromatic N) is 1. The van der Waals surface area contributed by atoms with Crippen LogP contribution in [0.1, 0.15) is 53.4 Å². The summed E-state index contributed by atoms with van der Waals surface area (Å²) in [7, 11) is 0. The minimum atomic E-state index is -0.629. The molecular formula is C16H27BrN2O4. The molecule has 23 heavy (non-hydrogen) atoms. The summed E-state index contributed by atoms with van der Waals surface area (Å²) >= 11 is 3.34. The van der Waals surface area contributed by atoms with Gasteiger partial charge < -0.3 is 19.6 Å². The molecule has 1 N–H and O–H groups in total. The first-order valence-electron chi connectivity index (χ1n) is 8.15. The highest BCUT2D eigenvalue weighted by Crippen LogP contribution is 2.28. The zero-order chi connectivity index (χ0) is 17.1. The van der Waals surface area contributed by atoms with Crippen molar-refractivity contribution in [3.63, 3.8) is 0 Å². The van der Waals surface area contributed by atoms with E-state index in [9.17, 15) is 4.79 Å². The first kappa shape index (κ1) is 18.7. The molecule has 0 aromatic carbocycles.